The highest BCUT2D eigenvalue weighted by Gasteiger charge is 2.39. The summed E-state index contributed by atoms with van der Waals surface area (Å²) in [5.74, 6) is 2.24. The zero-order chi connectivity index (χ0) is 21.0. The first kappa shape index (κ1) is 24.8. The molecule has 0 amide bonds. The number of allylic oxidation sites excluding steroid dienone is 1. The number of unbranched alkanes of at least 4 members (excludes halogenated alkanes) is 5. The Morgan fingerprint density at radius 1 is 0.828 bits per heavy atom. The number of hydrogen-bond acceptors (Lipinski definition) is 1. The van der Waals surface area contributed by atoms with Crippen molar-refractivity contribution >= 4 is 0 Å². The van der Waals surface area contributed by atoms with Gasteiger partial charge in [-0.2, -0.15) is 13.2 Å². The minimum Gasteiger partial charge on any atom is -0.368 e. The van der Waals surface area contributed by atoms with Crippen LogP contribution in [0.1, 0.15) is 110 Å². The van der Waals surface area contributed by atoms with E-state index in [-0.39, 0.29) is 13.0 Å². The van der Waals surface area contributed by atoms with E-state index < -0.39 is 12.3 Å². The van der Waals surface area contributed by atoms with E-state index in [1.54, 1.807) is 6.08 Å². The van der Waals surface area contributed by atoms with Crippen molar-refractivity contribution in [3.05, 3.63) is 12.2 Å². The number of ether oxygens (including phenoxy) is 1. The smallest absolute Gasteiger partial charge is 0.368 e. The quantitative estimate of drug-likeness (QED) is 0.228. The molecule has 1 atom stereocenters. The fourth-order valence-corrected chi connectivity index (χ4v) is 5.21. The molecule has 170 valence electrons. The lowest BCUT2D eigenvalue weighted by Gasteiger charge is -2.35. The molecule has 0 heterocycles. The highest BCUT2D eigenvalue weighted by atomic mass is 19.4. The molecule has 4 heteroatoms. The number of hydrogen-bond donors (Lipinski definition) is 0. The van der Waals surface area contributed by atoms with E-state index in [0.29, 0.717) is 5.92 Å². The van der Waals surface area contributed by atoms with Crippen molar-refractivity contribution in [1.29, 1.82) is 0 Å². The van der Waals surface area contributed by atoms with Gasteiger partial charge < -0.3 is 4.74 Å². The van der Waals surface area contributed by atoms with Gasteiger partial charge in [-0.1, -0.05) is 83.3 Å². The summed E-state index contributed by atoms with van der Waals surface area (Å²) in [6, 6.07) is 0. The standard InChI is InChI=1S/C25H43F3O/c1-2-3-4-5-6-10-20-29-24(25(26,27)28)15-11-12-21-16-18-23(19-17-21)22-13-8-7-9-14-22/h11-12,21-24H,2-10,13-20H2,1H3. The fraction of sp³-hybridized carbons (Fsp3) is 0.920. The van der Waals surface area contributed by atoms with Crippen LogP contribution in [0.4, 0.5) is 13.2 Å². The maximum Gasteiger partial charge on any atom is 0.414 e. The zero-order valence-electron chi connectivity index (χ0n) is 18.5. The van der Waals surface area contributed by atoms with Crippen molar-refractivity contribution in [2.45, 2.75) is 122 Å². The average molecular weight is 417 g/mol. The summed E-state index contributed by atoms with van der Waals surface area (Å²) in [5, 5.41) is 0. The number of halogens is 3. The highest BCUT2D eigenvalue weighted by Crippen LogP contribution is 2.40. The third-order valence-electron chi connectivity index (χ3n) is 7.07. The molecule has 2 aliphatic carbocycles. The molecule has 2 aliphatic rings. The molecule has 0 bridgehead atoms. The highest BCUT2D eigenvalue weighted by molar-refractivity contribution is 4.94. The van der Waals surface area contributed by atoms with E-state index >= 15 is 0 Å². The van der Waals surface area contributed by atoms with Crippen molar-refractivity contribution in [2.24, 2.45) is 17.8 Å². The SMILES string of the molecule is CCCCCCCCOC(CC=CC1CCC(C2CCCCC2)CC1)C(F)(F)F. The van der Waals surface area contributed by atoms with E-state index in [1.807, 2.05) is 6.08 Å². The summed E-state index contributed by atoms with van der Waals surface area (Å²) in [5.41, 5.74) is 0. The topological polar surface area (TPSA) is 9.23 Å². The van der Waals surface area contributed by atoms with Gasteiger partial charge in [-0.25, -0.2) is 0 Å². The Balaban J connectivity index is 1.64. The maximum atomic E-state index is 13.3. The van der Waals surface area contributed by atoms with E-state index in [2.05, 4.69) is 6.92 Å². The maximum absolute atomic E-state index is 13.3. The van der Waals surface area contributed by atoms with Crippen LogP contribution in [0.15, 0.2) is 12.2 Å². The first-order chi connectivity index (χ1) is 14.0. The second-order valence-corrected chi connectivity index (χ2v) is 9.41. The Morgan fingerprint density at radius 3 is 2.10 bits per heavy atom. The molecule has 0 aromatic carbocycles. The monoisotopic (exact) mass is 416 g/mol. The van der Waals surface area contributed by atoms with Crippen LogP contribution in [0.3, 0.4) is 0 Å². The Kier molecular flexibility index (Phi) is 11.7. The molecule has 2 rings (SSSR count). The van der Waals surface area contributed by atoms with Crippen molar-refractivity contribution in [3.8, 4) is 0 Å². The molecule has 0 saturated heterocycles. The first-order valence-corrected chi connectivity index (χ1v) is 12.4. The molecule has 1 nitrogen and oxygen atoms in total. The molecule has 2 saturated carbocycles. The Labute approximate surface area is 176 Å². The summed E-state index contributed by atoms with van der Waals surface area (Å²) in [7, 11) is 0. The Hall–Kier alpha value is -0.510. The van der Waals surface area contributed by atoms with Crippen LogP contribution < -0.4 is 0 Å². The minimum absolute atomic E-state index is 0.0398. The number of alkyl halides is 3. The van der Waals surface area contributed by atoms with Gasteiger partial charge in [0.05, 0.1) is 0 Å². The van der Waals surface area contributed by atoms with Crippen molar-refractivity contribution in [3.63, 3.8) is 0 Å². The van der Waals surface area contributed by atoms with E-state index in [1.165, 1.54) is 64.2 Å². The van der Waals surface area contributed by atoms with Gasteiger partial charge in [0.2, 0.25) is 0 Å². The van der Waals surface area contributed by atoms with Gasteiger partial charge in [-0.05, 0) is 49.9 Å². The van der Waals surface area contributed by atoms with Gasteiger partial charge in [0.1, 0.15) is 0 Å². The van der Waals surface area contributed by atoms with E-state index in [9.17, 15) is 13.2 Å². The third kappa shape index (κ3) is 9.89. The van der Waals surface area contributed by atoms with Crippen LogP contribution in [0.5, 0.6) is 0 Å². The predicted octanol–water partition coefficient (Wildman–Crippen LogP) is 8.63. The Bertz CT molecular complexity index is 432. The van der Waals surface area contributed by atoms with Gasteiger partial charge >= 0.3 is 6.18 Å². The van der Waals surface area contributed by atoms with E-state index in [4.69, 9.17) is 4.74 Å². The molecule has 29 heavy (non-hydrogen) atoms. The molecule has 0 radical (unpaired) electrons. The summed E-state index contributed by atoms with van der Waals surface area (Å²) in [4.78, 5) is 0. The van der Waals surface area contributed by atoms with Crippen molar-refractivity contribution in [2.75, 3.05) is 6.61 Å². The van der Waals surface area contributed by atoms with Crippen LogP contribution in [0, 0.1) is 17.8 Å². The van der Waals surface area contributed by atoms with Gasteiger partial charge in [-0.15, -0.1) is 0 Å². The molecule has 0 N–H and O–H groups in total. The molecular weight excluding hydrogens is 373 g/mol. The van der Waals surface area contributed by atoms with Crippen LogP contribution in [-0.2, 0) is 4.74 Å². The van der Waals surface area contributed by atoms with Gasteiger partial charge in [0.25, 0.3) is 0 Å². The van der Waals surface area contributed by atoms with Crippen LogP contribution >= 0.6 is 0 Å². The second-order valence-electron chi connectivity index (χ2n) is 9.41. The average Bonchev–Trinajstić information content (AvgIpc) is 2.72. The lowest BCUT2D eigenvalue weighted by atomic mass is 9.71. The molecule has 1 unspecified atom stereocenters. The second kappa shape index (κ2) is 13.7. The minimum atomic E-state index is -4.27. The van der Waals surface area contributed by atoms with E-state index in [0.717, 1.165) is 43.9 Å². The summed E-state index contributed by atoms with van der Waals surface area (Å²) < 4.78 is 45.0. The Morgan fingerprint density at radius 2 is 1.45 bits per heavy atom. The fourth-order valence-electron chi connectivity index (χ4n) is 5.21. The molecule has 0 aromatic heterocycles. The van der Waals surface area contributed by atoms with Gasteiger partial charge in [0, 0.05) is 13.0 Å². The van der Waals surface area contributed by atoms with Crippen molar-refractivity contribution in [1.82, 2.24) is 0 Å². The number of rotatable bonds is 12. The molecule has 0 aromatic rings. The summed E-state index contributed by atoms with van der Waals surface area (Å²) >= 11 is 0. The first-order valence-electron chi connectivity index (χ1n) is 12.4. The van der Waals surface area contributed by atoms with Crippen LogP contribution in [0.25, 0.3) is 0 Å². The predicted molar refractivity (Wildman–Crippen MR) is 115 cm³/mol. The van der Waals surface area contributed by atoms with Gasteiger partial charge in [-0.3, -0.25) is 0 Å². The lowest BCUT2D eigenvalue weighted by molar-refractivity contribution is -0.219. The molecular formula is C25H43F3O. The molecule has 0 spiro atoms. The molecule has 0 aliphatic heterocycles. The zero-order valence-corrected chi connectivity index (χ0v) is 18.5. The van der Waals surface area contributed by atoms with Crippen molar-refractivity contribution < 1.29 is 17.9 Å². The summed E-state index contributed by atoms with van der Waals surface area (Å²) in [6.45, 7) is 2.38. The van der Waals surface area contributed by atoms with Gasteiger partial charge in [0.15, 0.2) is 6.10 Å². The van der Waals surface area contributed by atoms with Crippen LogP contribution in [0.2, 0.25) is 0 Å². The molecule has 2 fully saturated rings. The third-order valence-corrected chi connectivity index (χ3v) is 7.07. The lowest BCUT2D eigenvalue weighted by Crippen LogP contribution is -2.31. The summed E-state index contributed by atoms with van der Waals surface area (Å²) in [6.07, 6.45) is 16.0. The largest absolute Gasteiger partial charge is 0.414 e. The van der Waals surface area contributed by atoms with Crippen LogP contribution in [-0.4, -0.2) is 18.9 Å². The normalized spacial score (nSPS) is 25.5.